The summed E-state index contributed by atoms with van der Waals surface area (Å²) in [6.07, 6.45) is 0.697. The Morgan fingerprint density at radius 3 is 2.62 bits per heavy atom. The van der Waals surface area contributed by atoms with Crippen molar-refractivity contribution in [2.75, 3.05) is 20.1 Å². The number of nitrogens with zero attached hydrogens (tertiary/aromatic N) is 1. The van der Waals surface area contributed by atoms with E-state index in [-0.39, 0.29) is 6.23 Å². The molecular weight excluding hydrogens is 200 g/mol. The van der Waals surface area contributed by atoms with E-state index in [9.17, 15) is 5.11 Å². The maximum atomic E-state index is 9.26. The summed E-state index contributed by atoms with van der Waals surface area (Å²) in [6.45, 7) is 4.60. The fraction of sp³-hybridized carbons (Fsp3) is 0.538. The summed E-state index contributed by atoms with van der Waals surface area (Å²) in [5.41, 5.74) is 1.31. The molecule has 0 radical (unpaired) electrons. The highest BCUT2D eigenvalue weighted by molar-refractivity contribution is 5.14. The minimum Gasteiger partial charge on any atom is -0.379 e. The summed E-state index contributed by atoms with van der Waals surface area (Å²) in [5.74, 6) is 0. The van der Waals surface area contributed by atoms with E-state index in [1.54, 1.807) is 6.92 Å². The van der Waals surface area contributed by atoms with Crippen LogP contribution in [0.15, 0.2) is 30.3 Å². The molecule has 0 saturated heterocycles. The maximum Gasteiger partial charge on any atom is 0.104 e. The second-order valence-electron chi connectivity index (χ2n) is 4.13. The van der Waals surface area contributed by atoms with Gasteiger partial charge in [0.05, 0.1) is 0 Å². The molecule has 3 heteroatoms. The smallest absolute Gasteiger partial charge is 0.104 e. The Labute approximate surface area is 98.1 Å². The minimum absolute atomic E-state index is 0.353. The van der Waals surface area contributed by atoms with Crippen LogP contribution in [-0.2, 0) is 6.54 Å². The van der Waals surface area contributed by atoms with Gasteiger partial charge < -0.3 is 10.4 Å². The van der Waals surface area contributed by atoms with E-state index in [2.05, 4.69) is 29.6 Å². The fourth-order valence-corrected chi connectivity index (χ4v) is 1.47. The largest absolute Gasteiger partial charge is 0.379 e. The van der Waals surface area contributed by atoms with Gasteiger partial charge in [-0.1, -0.05) is 30.3 Å². The van der Waals surface area contributed by atoms with Crippen molar-refractivity contribution >= 4 is 0 Å². The summed E-state index contributed by atoms with van der Waals surface area (Å²) < 4.78 is 0. The van der Waals surface area contributed by atoms with Crippen molar-refractivity contribution in [3.63, 3.8) is 0 Å². The van der Waals surface area contributed by atoms with Crippen molar-refractivity contribution in [3.8, 4) is 0 Å². The number of benzene rings is 1. The number of aliphatic hydroxyl groups excluding tert-OH is 1. The molecule has 1 unspecified atom stereocenters. The van der Waals surface area contributed by atoms with Crippen LogP contribution in [-0.4, -0.2) is 36.4 Å². The molecule has 2 N–H and O–H groups in total. The molecule has 0 fully saturated rings. The number of aliphatic hydroxyl groups is 1. The van der Waals surface area contributed by atoms with E-state index in [4.69, 9.17) is 0 Å². The highest BCUT2D eigenvalue weighted by Gasteiger charge is 2.02. The minimum atomic E-state index is -0.353. The third-order valence-corrected chi connectivity index (χ3v) is 2.67. The van der Waals surface area contributed by atoms with Crippen molar-refractivity contribution in [1.82, 2.24) is 10.2 Å². The molecule has 0 aliphatic rings. The van der Waals surface area contributed by atoms with Gasteiger partial charge in [0.25, 0.3) is 0 Å². The fourth-order valence-electron chi connectivity index (χ4n) is 1.47. The topological polar surface area (TPSA) is 35.5 Å². The Hall–Kier alpha value is -0.900. The third kappa shape index (κ3) is 5.26. The molecule has 0 bridgehead atoms. The first kappa shape index (κ1) is 13.2. The van der Waals surface area contributed by atoms with Gasteiger partial charge in [-0.25, -0.2) is 0 Å². The third-order valence-electron chi connectivity index (χ3n) is 2.67. The monoisotopic (exact) mass is 222 g/mol. The molecule has 0 spiro atoms. The SMILES string of the molecule is CC(O)N(C)CCCNCc1ccccc1. The van der Waals surface area contributed by atoms with Crippen LogP contribution in [0, 0.1) is 0 Å². The highest BCUT2D eigenvalue weighted by Crippen LogP contribution is 1.97. The zero-order valence-corrected chi connectivity index (χ0v) is 10.2. The van der Waals surface area contributed by atoms with Crippen LogP contribution < -0.4 is 5.32 Å². The van der Waals surface area contributed by atoms with Gasteiger partial charge in [0.15, 0.2) is 0 Å². The summed E-state index contributed by atoms with van der Waals surface area (Å²) >= 11 is 0. The molecule has 0 aliphatic heterocycles. The quantitative estimate of drug-likeness (QED) is 0.541. The van der Waals surface area contributed by atoms with Crippen LogP contribution in [0.2, 0.25) is 0 Å². The molecular formula is C13H22N2O. The van der Waals surface area contributed by atoms with E-state index in [1.165, 1.54) is 5.56 Å². The van der Waals surface area contributed by atoms with Gasteiger partial charge >= 0.3 is 0 Å². The van der Waals surface area contributed by atoms with Crippen LogP contribution >= 0.6 is 0 Å². The van der Waals surface area contributed by atoms with Crippen molar-refractivity contribution in [1.29, 1.82) is 0 Å². The van der Waals surface area contributed by atoms with E-state index in [1.807, 2.05) is 18.0 Å². The number of hydrogen-bond acceptors (Lipinski definition) is 3. The Bertz CT molecular complexity index is 275. The van der Waals surface area contributed by atoms with Crippen molar-refractivity contribution in [2.24, 2.45) is 0 Å². The van der Waals surface area contributed by atoms with Gasteiger partial charge in [-0.3, -0.25) is 4.90 Å². The molecule has 1 aromatic rings. The van der Waals surface area contributed by atoms with Gasteiger partial charge in [-0.05, 0) is 32.5 Å². The zero-order chi connectivity index (χ0) is 11.8. The van der Waals surface area contributed by atoms with Gasteiger partial charge in [0, 0.05) is 13.1 Å². The lowest BCUT2D eigenvalue weighted by atomic mass is 10.2. The van der Waals surface area contributed by atoms with Gasteiger partial charge in [-0.2, -0.15) is 0 Å². The lowest BCUT2D eigenvalue weighted by molar-refractivity contribution is 0.0378. The average Bonchev–Trinajstić information content (AvgIpc) is 2.29. The summed E-state index contributed by atoms with van der Waals surface area (Å²) in [5, 5.41) is 12.6. The first-order valence-electron chi connectivity index (χ1n) is 5.83. The second kappa shape index (κ2) is 7.39. The van der Waals surface area contributed by atoms with Gasteiger partial charge in [0.2, 0.25) is 0 Å². The van der Waals surface area contributed by atoms with Crippen molar-refractivity contribution in [2.45, 2.75) is 26.1 Å². The number of hydrogen-bond donors (Lipinski definition) is 2. The maximum absolute atomic E-state index is 9.26. The van der Waals surface area contributed by atoms with E-state index in [0.717, 1.165) is 26.1 Å². The Kier molecular flexibility index (Phi) is 6.08. The molecule has 16 heavy (non-hydrogen) atoms. The zero-order valence-electron chi connectivity index (χ0n) is 10.2. The number of rotatable bonds is 7. The molecule has 90 valence electrons. The Balaban J connectivity index is 2.04. The first-order valence-corrected chi connectivity index (χ1v) is 5.83. The summed E-state index contributed by atoms with van der Waals surface area (Å²) in [6, 6.07) is 10.4. The molecule has 0 aliphatic carbocycles. The Morgan fingerprint density at radius 1 is 1.31 bits per heavy atom. The van der Waals surface area contributed by atoms with Crippen molar-refractivity contribution < 1.29 is 5.11 Å². The second-order valence-corrected chi connectivity index (χ2v) is 4.13. The van der Waals surface area contributed by atoms with Crippen LogP contribution in [0.25, 0.3) is 0 Å². The molecule has 0 saturated carbocycles. The molecule has 0 aromatic heterocycles. The molecule has 1 aromatic carbocycles. The normalized spacial score (nSPS) is 13.0. The molecule has 0 amide bonds. The van der Waals surface area contributed by atoms with Crippen LogP contribution in [0.3, 0.4) is 0 Å². The van der Waals surface area contributed by atoms with Crippen molar-refractivity contribution in [3.05, 3.63) is 35.9 Å². The van der Waals surface area contributed by atoms with E-state index >= 15 is 0 Å². The van der Waals surface area contributed by atoms with Crippen LogP contribution in [0.4, 0.5) is 0 Å². The number of nitrogens with one attached hydrogen (secondary N) is 1. The summed E-state index contributed by atoms with van der Waals surface area (Å²) in [4.78, 5) is 1.93. The lowest BCUT2D eigenvalue weighted by Crippen LogP contribution is -2.31. The predicted molar refractivity (Wildman–Crippen MR) is 67.1 cm³/mol. The van der Waals surface area contributed by atoms with Crippen LogP contribution in [0.5, 0.6) is 0 Å². The van der Waals surface area contributed by atoms with E-state index < -0.39 is 0 Å². The van der Waals surface area contributed by atoms with Gasteiger partial charge in [0.1, 0.15) is 6.23 Å². The molecule has 3 nitrogen and oxygen atoms in total. The first-order chi connectivity index (χ1) is 7.70. The average molecular weight is 222 g/mol. The molecule has 1 atom stereocenters. The Morgan fingerprint density at radius 2 is 2.00 bits per heavy atom. The van der Waals surface area contributed by atoms with Crippen LogP contribution in [0.1, 0.15) is 18.9 Å². The summed E-state index contributed by atoms with van der Waals surface area (Å²) in [7, 11) is 1.93. The van der Waals surface area contributed by atoms with Gasteiger partial charge in [-0.15, -0.1) is 0 Å². The predicted octanol–water partition coefficient (Wildman–Crippen LogP) is 1.44. The lowest BCUT2D eigenvalue weighted by Gasteiger charge is -2.19. The molecule has 0 heterocycles. The highest BCUT2D eigenvalue weighted by atomic mass is 16.3. The standard InChI is InChI=1S/C13H22N2O/c1-12(16)15(2)10-6-9-14-11-13-7-4-3-5-8-13/h3-5,7-8,12,14,16H,6,9-11H2,1-2H3. The molecule has 1 rings (SSSR count). The van der Waals surface area contributed by atoms with E-state index in [0.29, 0.717) is 0 Å².